The molecular weight excluding hydrogens is 228 g/mol. The normalized spacial score (nSPS) is 20.5. The van der Waals surface area contributed by atoms with Crippen LogP contribution in [0.15, 0.2) is 18.2 Å². The molecule has 0 atom stereocenters. The van der Waals surface area contributed by atoms with Gasteiger partial charge in [0.2, 0.25) is 0 Å². The summed E-state index contributed by atoms with van der Waals surface area (Å²) in [6.45, 7) is 2.87. The highest BCUT2D eigenvalue weighted by molar-refractivity contribution is 5.54. The number of non-ortho nitro benzene ring substituents is 1. The van der Waals surface area contributed by atoms with E-state index in [1.807, 2.05) is 13.0 Å². The van der Waals surface area contributed by atoms with E-state index in [1.165, 1.54) is 25.7 Å². The highest BCUT2D eigenvalue weighted by atomic mass is 16.6. The third-order valence-electron chi connectivity index (χ3n) is 4.25. The molecule has 3 rings (SSSR count). The number of aryl methyl sites for hydroxylation is 1. The van der Waals surface area contributed by atoms with Crippen LogP contribution in [0.4, 0.5) is 11.4 Å². The molecular formula is C14H18N2O2. The molecule has 0 radical (unpaired) electrons. The molecule has 2 fully saturated rings. The highest BCUT2D eigenvalue weighted by Crippen LogP contribution is 2.61. The Morgan fingerprint density at radius 2 is 2.11 bits per heavy atom. The first-order valence-electron chi connectivity index (χ1n) is 6.59. The summed E-state index contributed by atoms with van der Waals surface area (Å²) < 4.78 is 0. The quantitative estimate of drug-likeness (QED) is 0.639. The van der Waals surface area contributed by atoms with E-state index in [9.17, 15) is 10.1 Å². The van der Waals surface area contributed by atoms with Crippen molar-refractivity contribution in [3.8, 4) is 0 Å². The molecule has 18 heavy (non-hydrogen) atoms. The van der Waals surface area contributed by atoms with E-state index in [-0.39, 0.29) is 10.6 Å². The first-order chi connectivity index (χ1) is 8.59. The third-order valence-corrected chi connectivity index (χ3v) is 4.25. The van der Waals surface area contributed by atoms with Gasteiger partial charge in [0.1, 0.15) is 0 Å². The van der Waals surface area contributed by atoms with Gasteiger partial charge >= 0.3 is 0 Å². The van der Waals surface area contributed by atoms with Gasteiger partial charge in [-0.05, 0) is 55.6 Å². The van der Waals surface area contributed by atoms with Crippen molar-refractivity contribution in [3.63, 3.8) is 0 Å². The lowest BCUT2D eigenvalue weighted by atomic mass is 10.0. The second-order valence-electron chi connectivity index (χ2n) is 5.80. The Hall–Kier alpha value is -1.58. The fourth-order valence-corrected chi connectivity index (χ4v) is 2.83. The topological polar surface area (TPSA) is 55.2 Å². The monoisotopic (exact) mass is 246 g/mol. The van der Waals surface area contributed by atoms with E-state index in [0.29, 0.717) is 5.41 Å². The van der Waals surface area contributed by atoms with Crippen molar-refractivity contribution in [2.24, 2.45) is 11.3 Å². The van der Waals surface area contributed by atoms with Gasteiger partial charge in [-0.1, -0.05) is 0 Å². The second-order valence-corrected chi connectivity index (χ2v) is 5.80. The largest absolute Gasteiger partial charge is 0.384 e. The SMILES string of the molecule is Cc1cc(NCC2(C3CC3)CC2)cc([N+](=O)[O-])c1. The predicted molar refractivity (Wildman–Crippen MR) is 70.7 cm³/mol. The minimum atomic E-state index is -0.327. The number of nitrogens with one attached hydrogen (secondary N) is 1. The lowest BCUT2D eigenvalue weighted by molar-refractivity contribution is -0.384. The molecule has 0 amide bonds. The van der Waals surface area contributed by atoms with Crippen molar-refractivity contribution >= 4 is 11.4 Å². The van der Waals surface area contributed by atoms with Crippen molar-refractivity contribution in [1.29, 1.82) is 0 Å². The van der Waals surface area contributed by atoms with Gasteiger partial charge in [0, 0.05) is 24.4 Å². The van der Waals surface area contributed by atoms with Crippen LogP contribution in [0.25, 0.3) is 0 Å². The number of nitro benzene ring substituents is 1. The molecule has 2 aliphatic carbocycles. The van der Waals surface area contributed by atoms with Crippen molar-refractivity contribution in [1.82, 2.24) is 0 Å². The first kappa shape index (κ1) is 11.5. The van der Waals surface area contributed by atoms with Crippen molar-refractivity contribution in [2.75, 3.05) is 11.9 Å². The molecule has 4 heteroatoms. The summed E-state index contributed by atoms with van der Waals surface area (Å²) in [5.74, 6) is 0.907. The first-order valence-corrected chi connectivity index (χ1v) is 6.59. The van der Waals surface area contributed by atoms with E-state index in [4.69, 9.17) is 0 Å². The molecule has 1 aromatic carbocycles. The Morgan fingerprint density at radius 3 is 2.67 bits per heavy atom. The third kappa shape index (κ3) is 2.19. The van der Waals surface area contributed by atoms with Gasteiger partial charge in [-0.15, -0.1) is 0 Å². The van der Waals surface area contributed by atoms with E-state index in [2.05, 4.69) is 5.32 Å². The van der Waals surface area contributed by atoms with Gasteiger partial charge in [0.25, 0.3) is 5.69 Å². The Balaban J connectivity index is 1.70. The van der Waals surface area contributed by atoms with Crippen molar-refractivity contribution in [3.05, 3.63) is 33.9 Å². The average molecular weight is 246 g/mol. The number of hydrogen-bond donors (Lipinski definition) is 1. The number of rotatable bonds is 5. The van der Waals surface area contributed by atoms with Crippen LogP contribution < -0.4 is 5.32 Å². The Morgan fingerprint density at radius 1 is 1.39 bits per heavy atom. The highest BCUT2D eigenvalue weighted by Gasteiger charge is 2.53. The summed E-state index contributed by atoms with van der Waals surface area (Å²) >= 11 is 0. The maximum absolute atomic E-state index is 10.8. The number of benzene rings is 1. The molecule has 0 saturated heterocycles. The average Bonchev–Trinajstić information content (AvgIpc) is 3.17. The van der Waals surface area contributed by atoms with Crippen LogP contribution in [-0.2, 0) is 0 Å². The van der Waals surface area contributed by atoms with E-state index >= 15 is 0 Å². The molecule has 2 saturated carbocycles. The Labute approximate surface area is 107 Å². The molecule has 1 aromatic rings. The molecule has 0 unspecified atom stereocenters. The van der Waals surface area contributed by atoms with Crippen molar-refractivity contribution in [2.45, 2.75) is 32.6 Å². The summed E-state index contributed by atoms with van der Waals surface area (Å²) in [5, 5.41) is 14.2. The second kappa shape index (κ2) is 3.97. The molecule has 2 aliphatic rings. The van der Waals surface area contributed by atoms with Crippen LogP contribution in [0.3, 0.4) is 0 Å². The van der Waals surface area contributed by atoms with Crippen LogP contribution in [0.2, 0.25) is 0 Å². The van der Waals surface area contributed by atoms with Gasteiger partial charge in [-0.25, -0.2) is 0 Å². The van der Waals surface area contributed by atoms with Crippen LogP contribution in [0, 0.1) is 28.4 Å². The number of anilines is 1. The molecule has 0 heterocycles. The number of hydrogen-bond acceptors (Lipinski definition) is 3. The lowest BCUT2D eigenvalue weighted by Crippen LogP contribution is -2.17. The molecule has 0 spiro atoms. The zero-order valence-electron chi connectivity index (χ0n) is 10.6. The Bertz CT molecular complexity index is 491. The predicted octanol–water partition coefficient (Wildman–Crippen LogP) is 3.51. The lowest BCUT2D eigenvalue weighted by Gasteiger charge is -2.16. The van der Waals surface area contributed by atoms with Crippen LogP contribution in [0.5, 0.6) is 0 Å². The summed E-state index contributed by atoms with van der Waals surface area (Å²) in [6.07, 6.45) is 5.38. The van der Waals surface area contributed by atoms with E-state index in [0.717, 1.165) is 23.7 Å². The molecule has 0 aromatic heterocycles. The fourth-order valence-electron chi connectivity index (χ4n) is 2.83. The summed E-state index contributed by atoms with van der Waals surface area (Å²) in [6, 6.07) is 5.23. The molecule has 0 aliphatic heterocycles. The smallest absolute Gasteiger partial charge is 0.271 e. The zero-order chi connectivity index (χ0) is 12.8. The number of nitro groups is 1. The van der Waals surface area contributed by atoms with Gasteiger partial charge in [-0.2, -0.15) is 0 Å². The maximum atomic E-state index is 10.8. The van der Waals surface area contributed by atoms with Gasteiger partial charge in [0.05, 0.1) is 4.92 Å². The summed E-state index contributed by atoms with van der Waals surface area (Å²) in [5.41, 5.74) is 2.50. The van der Waals surface area contributed by atoms with Gasteiger partial charge < -0.3 is 5.32 Å². The summed E-state index contributed by atoms with van der Waals surface area (Å²) in [4.78, 5) is 10.5. The Kier molecular flexibility index (Phi) is 2.54. The number of nitrogens with zero attached hydrogens (tertiary/aromatic N) is 1. The van der Waals surface area contributed by atoms with Crippen LogP contribution in [-0.4, -0.2) is 11.5 Å². The van der Waals surface area contributed by atoms with Gasteiger partial charge in [0.15, 0.2) is 0 Å². The fraction of sp³-hybridized carbons (Fsp3) is 0.571. The van der Waals surface area contributed by atoms with E-state index in [1.54, 1.807) is 12.1 Å². The van der Waals surface area contributed by atoms with Crippen molar-refractivity contribution < 1.29 is 4.92 Å². The molecule has 1 N–H and O–H groups in total. The minimum absolute atomic E-state index is 0.175. The standard InChI is InChI=1S/C14H18N2O2/c1-10-6-12(8-13(7-10)16(17)18)15-9-14(4-5-14)11-2-3-11/h6-8,11,15H,2-5,9H2,1H3. The van der Waals surface area contributed by atoms with E-state index < -0.39 is 0 Å². The maximum Gasteiger partial charge on any atom is 0.271 e. The van der Waals surface area contributed by atoms with Gasteiger partial charge in [-0.3, -0.25) is 10.1 Å². The zero-order valence-corrected chi connectivity index (χ0v) is 10.6. The molecule has 4 nitrogen and oxygen atoms in total. The minimum Gasteiger partial charge on any atom is -0.384 e. The van der Waals surface area contributed by atoms with Crippen LogP contribution >= 0.6 is 0 Å². The molecule has 0 bridgehead atoms. The molecule has 96 valence electrons. The van der Waals surface area contributed by atoms with Crippen LogP contribution in [0.1, 0.15) is 31.2 Å². The summed E-state index contributed by atoms with van der Waals surface area (Å²) in [7, 11) is 0.